The second-order valence-corrected chi connectivity index (χ2v) is 5.16. The van der Waals surface area contributed by atoms with Gasteiger partial charge in [0.1, 0.15) is 6.04 Å². The summed E-state index contributed by atoms with van der Waals surface area (Å²) in [6, 6.07) is 9.31. The van der Waals surface area contributed by atoms with Crippen molar-refractivity contribution in [2.24, 2.45) is 0 Å². The quantitative estimate of drug-likeness (QED) is 0.770. The summed E-state index contributed by atoms with van der Waals surface area (Å²) in [4.78, 5) is 25.8. The van der Waals surface area contributed by atoms with Crippen LogP contribution in [0.4, 0.5) is 0 Å². The van der Waals surface area contributed by atoms with Gasteiger partial charge in [-0.3, -0.25) is 4.79 Å². The lowest BCUT2D eigenvalue weighted by molar-refractivity contribution is -0.150. The van der Waals surface area contributed by atoms with Crippen molar-refractivity contribution in [3.8, 4) is 0 Å². The molecule has 1 aromatic rings. The highest BCUT2D eigenvalue weighted by molar-refractivity contribution is 5.85. The number of aryl methyl sites for hydroxylation is 1. The molecule has 1 heterocycles. The minimum atomic E-state index is -0.525. The van der Waals surface area contributed by atoms with E-state index in [1.54, 1.807) is 12.0 Å². The van der Waals surface area contributed by atoms with Crippen molar-refractivity contribution in [2.75, 3.05) is 20.8 Å². The number of carbonyl (C=O) groups excluding carboxylic acids is 2. The fourth-order valence-corrected chi connectivity index (χ4v) is 2.64. The zero-order valence-corrected chi connectivity index (χ0v) is 12.5. The van der Waals surface area contributed by atoms with Crippen LogP contribution in [0.15, 0.2) is 30.3 Å². The average Bonchev–Trinajstić information content (AvgIpc) is 2.97. The number of methoxy groups -OCH3 is 2. The van der Waals surface area contributed by atoms with Crippen LogP contribution in [0, 0.1) is 0 Å². The molecule has 2 rings (SSSR count). The van der Waals surface area contributed by atoms with Gasteiger partial charge in [-0.05, 0) is 12.0 Å². The van der Waals surface area contributed by atoms with E-state index in [0.717, 1.165) is 5.56 Å². The minimum Gasteiger partial charge on any atom is -0.467 e. The van der Waals surface area contributed by atoms with Crippen LogP contribution < -0.4 is 0 Å². The Hall–Kier alpha value is -1.88. The van der Waals surface area contributed by atoms with Crippen molar-refractivity contribution < 1.29 is 19.1 Å². The number of amides is 1. The third-order valence-corrected chi connectivity index (χ3v) is 3.86. The van der Waals surface area contributed by atoms with Crippen LogP contribution in [0.1, 0.15) is 18.4 Å². The van der Waals surface area contributed by atoms with Crippen LogP contribution in [0.2, 0.25) is 0 Å². The molecule has 1 amide bonds. The fraction of sp³-hybridized carbons (Fsp3) is 0.500. The van der Waals surface area contributed by atoms with Gasteiger partial charge < -0.3 is 14.4 Å². The Morgan fingerprint density at radius 3 is 2.57 bits per heavy atom. The molecule has 1 fully saturated rings. The monoisotopic (exact) mass is 291 g/mol. The average molecular weight is 291 g/mol. The van der Waals surface area contributed by atoms with Crippen LogP contribution in [-0.2, 0) is 25.5 Å². The summed E-state index contributed by atoms with van der Waals surface area (Å²) in [7, 11) is 2.94. The summed E-state index contributed by atoms with van der Waals surface area (Å²) in [5.74, 6) is -0.406. The Kier molecular flexibility index (Phi) is 5.33. The first-order valence-electron chi connectivity index (χ1n) is 7.09. The SMILES string of the molecule is COC(=O)[C@H]1C[C@H](OC)CN1C(=O)CCc1ccccc1. The summed E-state index contributed by atoms with van der Waals surface area (Å²) in [5.41, 5.74) is 1.11. The standard InChI is InChI=1S/C16H21NO4/c1-20-13-10-14(16(19)21-2)17(11-13)15(18)9-8-12-6-4-3-5-7-12/h3-7,13-14H,8-11H2,1-2H3/t13-,14+/m0/s1. The van der Waals surface area contributed by atoms with E-state index in [4.69, 9.17) is 9.47 Å². The largest absolute Gasteiger partial charge is 0.467 e. The zero-order valence-electron chi connectivity index (χ0n) is 12.5. The first kappa shape index (κ1) is 15.5. The van der Waals surface area contributed by atoms with Crippen molar-refractivity contribution in [2.45, 2.75) is 31.4 Å². The van der Waals surface area contributed by atoms with Gasteiger partial charge in [-0.25, -0.2) is 4.79 Å². The van der Waals surface area contributed by atoms with Crippen LogP contribution in [0.3, 0.4) is 0 Å². The van der Waals surface area contributed by atoms with Gasteiger partial charge in [-0.2, -0.15) is 0 Å². The van der Waals surface area contributed by atoms with Gasteiger partial charge in [0.25, 0.3) is 0 Å². The lowest BCUT2D eigenvalue weighted by Gasteiger charge is -2.22. The smallest absolute Gasteiger partial charge is 0.328 e. The third kappa shape index (κ3) is 3.82. The first-order chi connectivity index (χ1) is 10.2. The maximum absolute atomic E-state index is 12.4. The molecule has 1 saturated heterocycles. The molecule has 0 radical (unpaired) electrons. The Morgan fingerprint density at radius 1 is 1.24 bits per heavy atom. The number of ether oxygens (including phenoxy) is 2. The summed E-state index contributed by atoms with van der Waals surface area (Å²) >= 11 is 0. The molecule has 0 bridgehead atoms. The van der Waals surface area contributed by atoms with Crippen molar-refractivity contribution in [1.29, 1.82) is 0 Å². The van der Waals surface area contributed by atoms with Gasteiger partial charge in [-0.1, -0.05) is 30.3 Å². The molecule has 0 unspecified atom stereocenters. The molecule has 0 N–H and O–H groups in total. The summed E-state index contributed by atoms with van der Waals surface area (Å²) in [5, 5.41) is 0. The Balaban J connectivity index is 1.97. The molecule has 21 heavy (non-hydrogen) atoms. The van der Waals surface area contributed by atoms with Crippen molar-refractivity contribution in [1.82, 2.24) is 4.90 Å². The Morgan fingerprint density at radius 2 is 1.95 bits per heavy atom. The molecule has 2 atom stereocenters. The second-order valence-electron chi connectivity index (χ2n) is 5.16. The van der Waals surface area contributed by atoms with Crippen LogP contribution in [-0.4, -0.2) is 49.7 Å². The molecule has 1 aromatic carbocycles. The van der Waals surface area contributed by atoms with Gasteiger partial charge in [-0.15, -0.1) is 0 Å². The van der Waals surface area contributed by atoms with E-state index in [0.29, 0.717) is 25.8 Å². The highest BCUT2D eigenvalue weighted by atomic mass is 16.5. The summed E-state index contributed by atoms with van der Waals surface area (Å²) < 4.78 is 10.1. The van der Waals surface area contributed by atoms with Crippen LogP contribution in [0.25, 0.3) is 0 Å². The van der Waals surface area contributed by atoms with Crippen molar-refractivity contribution in [3.63, 3.8) is 0 Å². The normalized spacial score (nSPS) is 21.3. The van der Waals surface area contributed by atoms with E-state index in [1.165, 1.54) is 7.11 Å². The maximum atomic E-state index is 12.4. The van der Waals surface area contributed by atoms with E-state index < -0.39 is 6.04 Å². The van der Waals surface area contributed by atoms with E-state index in [2.05, 4.69) is 0 Å². The second kappa shape index (κ2) is 7.22. The summed E-state index contributed by atoms with van der Waals surface area (Å²) in [6.07, 6.45) is 1.45. The van der Waals surface area contributed by atoms with Gasteiger partial charge in [0.2, 0.25) is 5.91 Å². The molecule has 0 saturated carbocycles. The number of esters is 1. The summed E-state index contributed by atoms with van der Waals surface area (Å²) in [6.45, 7) is 0.448. The Labute approximate surface area is 124 Å². The molecular weight excluding hydrogens is 270 g/mol. The number of rotatable bonds is 5. The lowest BCUT2D eigenvalue weighted by Crippen LogP contribution is -2.41. The third-order valence-electron chi connectivity index (χ3n) is 3.86. The topological polar surface area (TPSA) is 55.8 Å². The molecule has 114 valence electrons. The highest BCUT2D eigenvalue weighted by Crippen LogP contribution is 2.22. The maximum Gasteiger partial charge on any atom is 0.328 e. The van der Waals surface area contributed by atoms with Crippen LogP contribution >= 0.6 is 0 Å². The number of benzene rings is 1. The van der Waals surface area contributed by atoms with Gasteiger partial charge in [0.05, 0.1) is 13.2 Å². The van der Waals surface area contributed by atoms with E-state index >= 15 is 0 Å². The van der Waals surface area contributed by atoms with Gasteiger partial charge in [0, 0.05) is 26.5 Å². The van der Waals surface area contributed by atoms with E-state index in [1.807, 2.05) is 30.3 Å². The molecular formula is C16H21NO4. The number of hydrogen-bond donors (Lipinski definition) is 0. The van der Waals surface area contributed by atoms with Gasteiger partial charge >= 0.3 is 5.97 Å². The molecule has 1 aliphatic heterocycles. The molecule has 5 heteroatoms. The lowest BCUT2D eigenvalue weighted by atomic mass is 10.1. The fourth-order valence-electron chi connectivity index (χ4n) is 2.64. The number of hydrogen-bond acceptors (Lipinski definition) is 4. The highest BCUT2D eigenvalue weighted by Gasteiger charge is 2.40. The molecule has 0 spiro atoms. The number of nitrogens with zero attached hydrogens (tertiary/aromatic N) is 1. The predicted molar refractivity (Wildman–Crippen MR) is 77.7 cm³/mol. The molecule has 5 nitrogen and oxygen atoms in total. The van der Waals surface area contributed by atoms with E-state index in [9.17, 15) is 9.59 Å². The van der Waals surface area contributed by atoms with E-state index in [-0.39, 0.29) is 18.0 Å². The Bertz CT molecular complexity index is 488. The predicted octanol–water partition coefficient (Wildman–Crippen LogP) is 1.41. The minimum absolute atomic E-state index is 0.0335. The number of likely N-dealkylation sites (tertiary alicyclic amines) is 1. The van der Waals surface area contributed by atoms with Gasteiger partial charge in [0.15, 0.2) is 0 Å². The number of carbonyl (C=O) groups is 2. The molecule has 1 aliphatic rings. The first-order valence-corrected chi connectivity index (χ1v) is 7.09. The van der Waals surface area contributed by atoms with Crippen molar-refractivity contribution >= 4 is 11.9 Å². The van der Waals surface area contributed by atoms with Crippen molar-refractivity contribution in [3.05, 3.63) is 35.9 Å². The zero-order chi connectivity index (χ0) is 15.2. The molecule has 0 aliphatic carbocycles. The molecule has 0 aromatic heterocycles. The van der Waals surface area contributed by atoms with Crippen LogP contribution in [0.5, 0.6) is 0 Å².